The number of halogens is 1. The van der Waals surface area contributed by atoms with Crippen LogP contribution in [0.25, 0.3) is 0 Å². The molecule has 0 aromatic rings. The molecule has 0 fully saturated rings. The summed E-state index contributed by atoms with van der Waals surface area (Å²) in [5.74, 6) is 0. The van der Waals surface area contributed by atoms with Crippen LogP contribution in [-0.2, 0) is 33.0 Å². The van der Waals surface area contributed by atoms with E-state index >= 15 is 0 Å². The summed E-state index contributed by atoms with van der Waals surface area (Å²) in [5.41, 5.74) is 0. The van der Waals surface area contributed by atoms with Crippen molar-refractivity contribution >= 4 is 13.5 Å². The molecule has 0 spiro atoms. The predicted molar refractivity (Wildman–Crippen MR) is 7.37 cm³/mol. The zero-order chi connectivity index (χ0) is 0. The van der Waals surface area contributed by atoms with Gasteiger partial charge in [-0.25, -0.2) is 0 Å². The third-order valence-corrected chi connectivity index (χ3v) is 0. The van der Waals surface area contributed by atoms with Crippen LogP contribution in [0.15, 0.2) is 0 Å². The summed E-state index contributed by atoms with van der Waals surface area (Å²) in [6, 6.07) is 0. The Bertz CT molecular complexity index is 8.00. The molecule has 0 aromatic carbocycles. The molecule has 0 aliphatic heterocycles. The third-order valence-electron chi connectivity index (χ3n) is 0. The molecule has 0 N–H and O–H groups in total. The van der Waals surface area contributed by atoms with Gasteiger partial charge >= 0.3 is 70.9 Å². The van der Waals surface area contributed by atoms with Gasteiger partial charge in [-0.3, -0.25) is 0 Å². The van der Waals surface area contributed by atoms with Gasteiger partial charge in [-0.2, -0.15) is 0 Å². The van der Waals surface area contributed by atoms with Crippen LogP contribution in [0.3, 0.4) is 0 Å². The normalized spacial score (nSPS) is 0. The second-order valence-electron chi connectivity index (χ2n) is 0. The van der Waals surface area contributed by atoms with Crippen molar-refractivity contribution in [2.45, 2.75) is 0 Å². The van der Waals surface area contributed by atoms with Gasteiger partial charge in [0.1, 0.15) is 0 Å². The van der Waals surface area contributed by atoms with E-state index in [1.807, 2.05) is 0 Å². The van der Waals surface area contributed by atoms with Gasteiger partial charge in [0, 0.05) is 0 Å². The first-order valence-electron chi connectivity index (χ1n) is 0. The Hall–Kier alpha value is 2.90. The molecule has 0 bridgehead atoms. The Balaban J connectivity index is 0. The van der Waals surface area contributed by atoms with E-state index in [1.165, 1.54) is 0 Å². The van der Waals surface area contributed by atoms with Crippen LogP contribution in [0, 0.1) is 0 Å². The third kappa shape index (κ3) is 8.86. The molecule has 0 nitrogen and oxygen atoms in total. The minimum atomic E-state index is 0. The summed E-state index contributed by atoms with van der Waals surface area (Å²) in [5, 5.41) is 0. The second-order valence-corrected chi connectivity index (χ2v) is 0. The van der Waals surface area contributed by atoms with Gasteiger partial charge in [-0.15, -0.1) is 0 Å². The maximum Gasteiger partial charge on any atom is 2.00 e. The average Bonchev–Trinajstić information content (AvgIpc) is 0. The molecule has 4 heavy (non-hydrogen) atoms. The van der Waals surface area contributed by atoms with Crippen LogP contribution < -0.4 is 63.8 Å². The fourth-order valence-electron chi connectivity index (χ4n) is 0. The van der Waals surface area contributed by atoms with E-state index in [1.54, 1.807) is 0 Å². The standard InChI is InChI=1S/ClH.K.S.Zn/h1H;;;/q;+1;-2;+2/p-1. The smallest absolute Gasteiger partial charge is 2.00 e. The molecule has 0 amide bonds. The quantitative estimate of drug-likeness (QED) is 0.319. The fraction of sp³-hybridized carbons (Fsp3) is 0. The molecule has 0 radical (unpaired) electrons. The Morgan fingerprint density at radius 3 is 1.00 bits per heavy atom. The first kappa shape index (κ1) is 28.6. The molecular weight excluding hydrogens is 172 g/mol. The van der Waals surface area contributed by atoms with Crippen molar-refractivity contribution in [3.05, 3.63) is 0 Å². The maximum absolute atomic E-state index is 0. The van der Waals surface area contributed by atoms with E-state index in [0.717, 1.165) is 0 Å². The van der Waals surface area contributed by atoms with Gasteiger partial charge in [-0.1, -0.05) is 0 Å². The summed E-state index contributed by atoms with van der Waals surface area (Å²) in [7, 11) is 0. The van der Waals surface area contributed by atoms with Gasteiger partial charge in [-0.05, 0) is 0 Å². The van der Waals surface area contributed by atoms with Gasteiger partial charge < -0.3 is 25.9 Å². The van der Waals surface area contributed by atoms with Crippen molar-refractivity contribution in [3.8, 4) is 0 Å². The van der Waals surface area contributed by atoms with Gasteiger partial charge in [0.2, 0.25) is 0 Å². The maximum atomic E-state index is 0. The van der Waals surface area contributed by atoms with Gasteiger partial charge in [0.25, 0.3) is 0 Å². The number of hydrogen-bond acceptors (Lipinski definition) is 0. The van der Waals surface area contributed by atoms with E-state index < -0.39 is 0 Å². The first-order chi connectivity index (χ1) is 0. The van der Waals surface area contributed by atoms with Crippen molar-refractivity contribution in [2.24, 2.45) is 0 Å². The topological polar surface area (TPSA) is 0 Å². The fourth-order valence-corrected chi connectivity index (χ4v) is 0. The molecule has 0 aliphatic carbocycles. The molecule has 0 rings (SSSR count). The summed E-state index contributed by atoms with van der Waals surface area (Å²) >= 11 is 0. The SMILES string of the molecule is [Cl-].[K+].[S-2].[Zn+2]. The van der Waals surface area contributed by atoms with Crippen LogP contribution in [0.5, 0.6) is 0 Å². The number of rotatable bonds is 0. The zero-order valence-electron chi connectivity index (χ0n) is 2.49. The largest absolute Gasteiger partial charge is 2.00 e. The second kappa shape index (κ2) is 16.8. The molecular formula is ClKSZn. The van der Waals surface area contributed by atoms with Crippen molar-refractivity contribution in [2.75, 3.05) is 0 Å². The van der Waals surface area contributed by atoms with Crippen molar-refractivity contribution in [1.82, 2.24) is 0 Å². The summed E-state index contributed by atoms with van der Waals surface area (Å²) < 4.78 is 0. The molecule has 0 aliphatic rings. The van der Waals surface area contributed by atoms with Crippen LogP contribution in [0.1, 0.15) is 0 Å². The van der Waals surface area contributed by atoms with E-state index in [4.69, 9.17) is 0 Å². The van der Waals surface area contributed by atoms with Crippen molar-refractivity contribution < 1.29 is 83.3 Å². The molecule has 4 heteroatoms. The molecule has 0 saturated heterocycles. The molecule has 0 unspecified atom stereocenters. The molecule has 16 valence electrons. The van der Waals surface area contributed by atoms with Crippen LogP contribution >= 0.6 is 0 Å². The van der Waals surface area contributed by atoms with E-state index in [9.17, 15) is 0 Å². The molecule has 0 aromatic heterocycles. The summed E-state index contributed by atoms with van der Waals surface area (Å²) in [4.78, 5) is 0. The van der Waals surface area contributed by atoms with E-state index in [2.05, 4.69) is 0 Å². The average molecular weight is 172 g/mol. The minimum absolute atomic E-state index is 0. The molecule has 0 atom stereocenters. The molecule has 0 saturated carbocycles. The molecule has 0 heterocycles. The Labute approximate surface area is 94.5 Å². The first-order valence-corrected chi connectivity index (χ1v) is 0. The van der Waals surface area contributed by atoms with Crippen molar-refractivity contribution in [1.29, 1.82) is 0 Å². The number of hydrogen-bond donors (Lipinski definition) is 0. The van der Waals surface area contributed by atoms with E-state index in [-0.39, 0.29) is 96.8 Å². The van der Waals surface area contributed by atoms with Crippen LogP contribution in [0.4, 0.5) is 0 Å². The zero-order valence-corrected chi connectivity index (χ0v) is 10.2. The summed E-state index contributed by atoms with van der Waals surface area (Å²) in [6.07, 6.45) is 0. The van der Waals surface area contributed by atoms with Crippen LogP contribution in [0.2, 0.25) is 0 Å². The van der Waals surface area contributed by atoms with E-state index in [0.29, 0.717) is 0 Å². The Morgan fingerprint density at radius 1 is 1.00 bits per heavy atom. The monoisotopic (exact) mass is 170 g/mol. The predicted octanol–water partition coefficient (Wildman–Crippen LogP) is -6.00. The van der Waals surface area contributed by atoms with Gasteiger partial charge in [0.05, 0.1) is 0 Å². The Morgan fingerprint density at radius 2 is 1.00 bits per heavy atom. The van der Waals surface area contributed by atoms with Crippen LogP contribution in [-0.4, -0.2) is 0 Å². The summed E-state index contributed by atoms with van der Waals surface area (Å²) in [6.45, 7) is 0. The minimum Gasteiger partial charge on any atom is -2.00 e. The Kier molecular flexibility index (Phi) is 120. The van der Waals surface area contributed by atoms with Crippen molar-refractivity contribution in [3.63, 3.8) is 0 Å². The van der Waals surface area contributed by atoms with Gasteiger partial charge in [0.15, 0.2) is 0 Å².